The van der Waals surface area contributed by atoms with Crippen LogP contribution >= 0.6 is 0 Å². The van der Waals surface area contributed by atoms with Crippen molar-refractivity contribution in [2.75, 3.05) is 49.7 Å². The average molecular weight is 591 g/mol. The van der Waals surface area contributed by atoms with Crippen LogP contribution in [0.25, 0.3) is 0 Å². The van der Waals surface area contributed by atoms with Gasteiger partial charge in [-0.1, -0.05) is 0 Å². The molecule has 4 heterocycles. The maximum atomic E-state index is 13.4. The maximum Gasteiger partial charge on any atom is 0.423 e. The van der Waals surface area contributed by atoms with Crippen LogP contribution in [0.15, 0.2) is 23.3 Å². The van der Waals surface area contributed by atoms with Gasteiger partial charge in [-0.15, -0.1) is 0 Å². The summed E-state index contributed by atoms with van der Waals surface area (Å²) in [5.74, 6) is 0.274. The van der Waals surface area contributed by atoms with E-state index in [1.807, 2.05) is 4.90 Å². The fraction of sp³-hybridized carbons (Fsp3) is 0.600. The van der Waals surface area contributed by atoms with Crippen LogP contribution in [0.4, 0.5) is 37.8 Å². The van der Waals surface area contributed by atoms with Gasteiger partial charge in [-0.3, -0.25) is 9.59 Å². The fourth-order valence-electron chi connectivity index (χ4n) is 5.14. The molecule has 0 aromatic carbocycles. The van der Waals surface area contributed by atoms with E-state index in [9.17, 15) is 35.9 Å². The smallest absolute Gasteiger partial charge is 0.423 e. The van der Waals surface area contributed by atoms with E-state index < -0.39 is 40.8 Å². The Labute approximate surface area is 230 Å². The van der Waals surface area contributed by atoms with Crippen molar-refractivity contribution in [1.82, 2.24) is 20.1 Å². The Bertz CT molecular complexity index is 1310. The quantitative estimate of drug-likeness (QED) is 0.356. The number of hydrogen-bond acceptors (Lipinski definition) is 8. The number of aromatic amines is 1. The Morgan fingerprint density at radius 3 is 2.63 bits per heavy atom. The standard InChI is InChI=1S/C25H28F6N6O4/c26-24(27,28)15-9-19-22(32-10-15)37-6-5-36(12-16(37)3-8-41-19)20(38)4-7-40-13-18(14-1-2-14)34-17-11-33-35-23(39)21(17)25(29,30)31/h9-11,14,16,18H,1-8,12-13H2,(H2,34,35,39)/t16?,18-/m1/s1. The van der Waals surface area contributed by atoms with Crippen LogP contribution in [0.2, 0.25) is 0 Å². The Morgan fingerprint density at radius 2 is 1.93 bits per heavy atom. The van der Waals surface area contributed by atoms with Gasteiger partial charge in [0.1, 0.15) is 5.56 Å². The van der Waals surface area contributed by atoms with E-state index in [4.69, 9.17) is 9.47 Å². The highest BCUT2D eigenvalue weighted by Gasteiger charge is 2.40. The van der Waals surface area contributed by atoms with E-state index >= 15 is 0 Å². The number of nitrogens with zero attached hydrogens (tertiary/aromatic N) is 4. The third-order valence-corrected chi connectivity index (χ3v) is 7.41. The van der Waals surface area contributed by atoms with Crippen molar-refractivity contribution in [3.05, 3.63) is 39.9 Å². The second-order valence-electron chi connectivity index (χ2n) is 10.3. The van der Waals surface area contributed by atoms with Crippen molar-refractivity contribution in [3.8, 4) is 5.75 Å². The third-order valence-electron chi connectivity index (χ3n) is 7.41. The minimum Gasteiger partial charge on any atom is -0.490 e. The first kappa shape index (κ1) is 29.0. The molecule has 1 unspecified atom stereocenters. The molecule has 3 aliphatic rings. The summed E-state index contributed by atoms with van der Waals surface area (Å²) >= 11 is 0. The van der Waals surface area contributed by atoms with Crippen molar-refractivity contribution >= 4 is 17.4 Å². The number of fused-ring (bicyclic) bond motifs is 3. The second-order valence-corrected chi connectivity index (χ2v) is 10.3. The number of hydrogen-bond donors (Lipinski definition) is 2. The van der Waals surface area contributed by atoms with E-state index in [0.29, 0.717) is 31.9 Å². The molecule has 2 atom stereocenters. The molecule has 2 aliphatic heterocycles. The van der Waals surface area contributed by atoms with Gasteiger partial charge in [-0.25, -0.2) is 10.1 Å². The molecular weight excluding hydrogens is 562 g/mol. The van der Waals surface area contributed by atoms with E-state index in [-0.39, 0.29) is 49.9 Å². The fourth-order valence-corrected chi connectivity index (χ4v) is 5.14. The molecule has 1 aliphatic carbocycles. The average Bonchev–Trinajstić information content (AvgIpc) is 3.75. The zero-order valence-corrected chi connectivity index (χ0v) is 21.7. The molecule has 2 aromatic heterocycles. The monoisotopic (exact) mass is 590 g/mol. The Balaban J connectivity index is 1.13. The maximum absolute atomic E-state index is 13.4. The lowest BCUT2D eigenvalue weighted by Crippen LogP contribution is -2.55. The number of halogens is 6. The summed E-state index contributed by atoms with van der Waals surface area (Å²) in [7, 11) is 0. The lowest BCUT2D eigenvalue weighted by Gasteiger charge is -2.41. The largest absolute Gasteiger partial charge is 0.490 e. The number of alkyl halides is 6. The molecule has 224 valence electrons. The highest BCUT2D eigenvalue weighted by molar-refractivity contribution is 5.76. The van der Waals surface area contributed by atoms with Gasteiger partial charge < -0.3 is 24.6 Å². The number of amides is 1. The summed E-state index contributed by atoms with van der Waals surface area (Å²) in [6.07, 6.45) is -5.58. The predicted octanol–water partition coefficient (Wildman–Crippen LogP) is 3.30. The predicted molar refractivity (Wildman–Crippen MR) is 132 cm³/mol. The van der Waals surface area contributed by atoms with Crippen LogP contribution in [-0.4, -0.2) is 77.5 Å². The SMILES string of the molecule is O=C(CCOC[C@@H](Nc1cn[nH]c(=O)c1C(F)(F)F)C1CC1)N1CCN2c3ncc(C(F)(F)F)cc3OCCC2C1. The van der Waals surface area contributed by atoms with Gasteiger partial charge in [0.2, 0.25) is 5.91 Å². The van der Waals surface area contributed by atoms with Gasteiger partial charge >= 0.3 is 12.4 Å². The first-order valence-corrected chi connectivity index (χ1v) is 13.2. The van der Waals surface area contributed by atoms with Crippen LogP contribution in [0.5, 0.6) is 5.75 Å². The molecule has 1 saturated heterocycles. The second kappa shape index (κ2) is 11.4. The molecule has 1 saturated carbocycles. The summed E-state index contributed by atoms with van der Waals surface area (Å²) in [4.78, 5) is 32.2. The topological polar surface area (TPSA) is 113 Å². The number of pyridine rings is 1. The Hall–Kier alpha value is -3.56. The molecule has 16 heteroatoms. The van der Waals surface area contributed by atoms with Gasteiger partial charge in [-0.2, -0.15) is 31.4 Å². The number of piperazine rings is 1. The zero-order chi connectivity index (χ0) is 29.4. The summed E-state index contributed by atoms with van der Waals surface area (Å²) in [5.41, 5.74) is -4.00. The first-order chi connectivity index (χ1) is 19.4. The van der Waals surface area contributed by atoms with Crippen LogP contribution in [0, 0.1) is 5.92 Å². The van der Waals surface area contributed by atoms with E-state index in [1.165, 1.54) is 0 Å². The minimum absolute atomic E-state index is 0.0398. The Kier molecular flexibility index (Phi) is 8.03. The number of nitrogens with one attached hydrogen (secondary N) is 2. The molecule has 1 amide bonds. The molecule has 5 rings (SSSR count). The number of ether oxygens (including phenoxy) is 2. The van der Waals surface area contributed by atoms with Crippen LogP contribution < -0.4 is 20.5 Å². The summed E-state index contributed by atoms with van der Waals surface area (Å²) in [6.45, 7) is 1.30. The zero-order valence-electron chi connectivity index (χ0n) is 21.7. The number of anilines is 2. The molecular formula is C25H28F6N6O4. The van der Waals surface area contributed by atoms with Crippen molar-refractivity contribution in [3.63, 3.8) is 0 Å². The number of aromatic nitrogens is 3. The Morgan fingerprint density at radius 1 is 1.15 bits per heavy atom. The highest BCUT2D eigenvalue weighted by Crippen LogP contribution is 2.39. The molecule has 2 N–H and O–H groups in total. The van der Waals surface area contributed by atoms with Gasteiger partial charge in [0.05, 0.1) is 55.8 Å². The van der Waals surface area contributed by atoms with E-state index in [2.05, 4.69) is 15.4 Å². The van der Waals surface area contributed by atoms with Crippen molar-refractivity contribution < 1.29 is 40.6 Å². The molecule has 0 radical (unpaired) electrons. The number of carbonyl (C=O) groups excluding carboxylic acids is 1. The number of H-pyrrole nitrogens is 1. The van der Waals surface area contributed by atoms with Crippen molar-refractivity contribution in [2.45, 2.75) is 50.1 Å². The molecule has 41 heavy (non-hydrogen) atoms. The molecule has 0 bridgehead atoms. The molecule has 2 aromatic rings. The highest BCUT2D eigenvalue weighted by atomic mass is 19.4. The third kappa shape index (κ3) is 6.68. The van der Waals surface area contributed by atoms with Crippen molar-refractivity contribution in [2.24, 2.45) is 5.92 Å². The first-order valence-electron chi connectivity index (χ1n) is 13.2. The molecule has 2 fully saturated rings. The molecule has 10 nitrogen and oxygen atoms in total. The number of carbonyl (C=O) groups is 1. The van der Waals surface area contributed by atoms with E-state index in [0.717, 1.165) is 31.3 Å². The van der Waals surface area contributed by atoms with Gasteiger partial charge in [0, 0.05) is 32.3 Å². The van der Waals surface area contributed by atoms with Crippen LogP contribution in [0.3, 0.4) is 0 Å². The number of rotatable bonds is 8. The van der Waals surface area contributed by atoms with Gasteiger partial charge in [0.15, 0.2) is 11.6 Å². The summed E-state index contributed by atoms with van der Waals surface area (Å²) in [6, 6.07) is 0.266. The van der Waals surface area contributed by atoms with Gasteiger partial charge in [0.25, 0.3) is 5.56 Å². The van der Waals surface area contributed by atoms with Gasteiger partial charge in [-0.05, 0) is 24.8 Å². The summed E-state index contributed by atoms with van der Waals surface area (Å²) < 4.78 is 90.7. The minimum atomic E-state index is -4.86. The van der Waals surface area contributed by atoms with Crippen LogP contribution in [-0.2, 0) is 21.9 Å². The lowest BCUT2D eigenvalue weighted by atomic mass is 10.1. The van der Waals surface area contributed by atoms with Crippen molar-refractivity contribution in [1.29, 1.82) is 0 Å². The normalized spacial score (nSPS) is 20.0. The summed E-state index contributed by atoms with van der Waals surface area (Å²) in [5, 5.41) is 8.03. The lowest BCUT2D eigenvalue weighted by molar-refractivity contribution is -0.138. The van der Waals surface area contributed by atoms with E-state index in [1.54, 1.807) is 10.00 Å². The molecule has 0 spiro atoms. The van der Waals surface area contributed by atoms with Crippen LogP contribution in [0.1, 0.15) is 36.8 Å².